The van der Waals surface area contributed by atoms with Crippen LogP contribution in [0.15, 0.2) is 24.3 Å². The zero-order valence-corrected chi connectivity index (χ0v) is 7.16. The van der Waals surface area contributed by atoms with Gasteiger partial charge in [0.1, 0.15) is 11.9 Å². The molecular weight excluding hydrogens is 150 g/mol. The second-order valence-corrected chi connectivity index (χ2v) is 3.20. The van der Waals surface area contributed by atoms with Crippen molar-refractivity contribution >= 4 is 0 Å². The van der Waals surface area contributed by atoms with E-state index in [1.54, 1.807) is 0 Å². The Kier molecular flexibility index (Phi) is 1.77. The Hall–Kier alpha value is -1.02. The van der Waals surface area contributed by atoms with Crippen molar-refractivity contribution in [2.75, 3.05) is 6.54 Å². The van der Waals surface area contributed by atoms with Crippen LogP contribution in [0.1, 0.15) is 18.4 Å². The van der Waals surface area contributed by atoms with Crippen LogP contribution in [0.2, 0.25) is 0 Å². The molecule has 2 rings (SSSR count). The van der Waals surface area contributed by atoms with Crippen LogP contribution in [-0.2, 0) is 0 Å². The van der Waals surface area contributed by atoms with Gasteiger partial charge < -0.3 is 10.5 Å². The van der Waals surface area contributed by atoms with Crippen LogP contribution in [0.25, 0.3) is 0 Å². The molecule has 0 fully saturated rings. The molecule has 2 N–H and O–H groups in total. The fourth-order valence-electron chi connectivity index (χ4n) is 1.75. The number of ether oxygens (including phenoxy) is 1. The second kappa shape index (κ2) is 2.79. The summed E-state index contributed by atoms with van der Waals surface area (Å²) in [6.45, 7) is 2.73. The van der Waals surface area contributed by atoms with Gasteiger partial charge in [0.2, 0.25) is 0 Å². The summed E-state index contributed by atoms with van der Waals surface area (Å²) in [5.41, 5.74) is 6.92. The van der Waals surface area contributed by atoms with E-state index in [0.717, 1.165) is 5.75 Å². The van der Waals surface area contributed by atoms with Gasteiger partial charge in [-0.15, -0.1) is 0 Å². The topological polar surface area (TPSA) is 35.2 Å². The lowest BCUT2D eigenvalue weighted by Gasteiger charge is -2.10. The van der Waals surface area contributed by atoms with Crippen LogP contribution in [0.3, 0.4) is 0 Å². The number of para-hydroxylation sites is 1. The second-order valence-electron chi connectivity index (χ2n) is 3.20. The van der Waals surface area contributed by atoms with Gasteiger partial charge in [0.05, 0.1) is 0 Å². The summed E-state index contributed by atoms with van der Waals surface area (Å²) in [6, 6.07) is 8.12. The molecule has 2 nitrogen and oxygen atoms in total. The first-order valence-electron chi connectivity index (χ1n) is 4.28. The lowest BCUT2D eigenvalue weighted by molar-refractivity contribution is 0.228. The quantitative estimate of drug-likeness (QED) is 0.681. The highest BCUT2D eigenvalue weighted by atomic mass is 16.5. The standard InChI is InChI=1S/C10H13NO/c1-7-9(6-11)8-4-2-3-5-10(8)12-7/h2-5,7,9H,6,11H2,1H3. The Bertz CT molecular complexity index is 285. The van der Waals surface area contributed by atoms with Crippen LogP contribution in [0.5, 0.6) is 5.75 Å². The Labute approximate surface area is 72.3 Å². The first-order valence-corrected chi connectivity index (χ1v) is 4.28. The third-order valence-electron chi connectivity index (χ3n) is 2.45. The zero-order chi connectivity index (χ0) is 8.55. The van der Waals surface area contributed by atoms with Crippen LogP contribution < -0.4 is 10.5 Å². The van der Waals surface area contributed by atoms with E-state index in [2.05, 4.69) is 13.0 Å². The predicted octanol–water partition coefficient (Wildman–Crippen LogP) is 1.51. The Morgan fingerprint density at radius 2 is 2.17 bits per heavy atom. The van der Waals surface area contributed by atoms with Crippen molar-refractivity contribution in [1.82, 2.24) is 0 Å². The number of nitrogens with two attached hydrogens (primary N) is 1. The molecule has 1 aromatic rings. The summed E-state index contributed by atoms with van der Waals surface area (Å²) in [7, 11) is 0. The van der Waals surface area contributed by atoms with Crippen molar-refractivity contribution in [2.45, 2.75) is 18.9 Å². The summed E-state index contributed by atoms with van der Waals surface area (Å²) < 4.78 is 5.63. The smallest absolute Gasteiger partial charge is 0.123 e. The molecule has 64 valence electrons. The molecule has 2 atom stereocenters. The maximum atomic E-state index is 5.66. The number of fused-ring (bicyclic) bond motifs is 1. The number of hydrogen-bond acceptors (Lipinski definition) is 2. The molecule has 0 bridgehead atoms. The summed E-state index contributed by atoms with van der Waals surface area (Å²) in [6.07, 6.45) is 0.229. The first-order chi connectivity index (χ1) is 5.83. The number of hydrogen-bond donors (Lipinski definition) is 1. The van der Waals surface area contributed by atoms with E-state index in [0.29, 0.717) is 12.5 Å². The molecule has 1 aromatic carbocycles. The van der Waals surface area contributed by atoms with Crippen molar-refractivity contribution in [1.29, 1.82) is 0 Å². The van der Waals surface area contributed by atoms with E-state index in [9.17, 15) is 0 Å². The maximum Gasteiger partial charge on any atom is 0.123 e. The van der Waals surface area contributed by atoms with E-state index in [4.69, 9.17) is 10.5 Å². The van der Waals surface area contributed by atoms with Crippen LogP contribution in [0, 0.1) is 0 Å². The molecular formula is C10H13NO. The van der Waals surface area contributed by atoms with Crippen molar-refractivity contribution in [3.8, 4) is 5.75 Å². The average molecular weight is 163 g/mol. The van der Waals surface area contributed by atoms with Crippen LogP contribution in [-0.4, -0.2) is 12.6 Å². The first kappa shape index (κ1) is 7.62. The Balaban J connectivity index is 2.40. The third-order valence-corrected chi connectivity index (χ3v) is 2.45. The van der Waals surface area contributed by atoms with E-state index in [1.807, 2.05) is 18.2 Å². The summed E-state index contributed by atoms with van der Waals surface area (Å²) in [5, 5.41) is 0. The highest BCUT2D eigenvalue weighted by Crippen LogP contribution is 2.36. The maximum absolute atomic E-state index is 5.66. The number of rotatable bonds is 1. The van der Waals surface area contributed by atoms with Gasteiger partial charge in [0.15, 0.2) is 0 Å². The fourth-order valence-corrected chi connectivity index (χ4v) is 1.75. The zero-order valence-electron chi connectivity index (χ0n) is 7.16. The monoisotopic (exact) mass is 163 g/mol. The summed E-state index contributed by atoms with van der Waals surface area (Å²) >= 11 is 0. The van der Waals surface area contributed by atoms with Gasteiger partial charge in [-0.05, 0) is 13.0 Å². The van der Waals surface area contributed by atoms with Gasteiger partial charge in [-0.25, -0.2) is 0 Å². The SMILES string of the molecule is CC1Oc2ccccc2C1CN. The molecule has 0 aromatic heterocycles. The minimum Gasteiger partial charge on any atom is -0.490 e. The molecule has 2 unspecified atom stereocenters. The highest BCUT2D eigenvalue weighted by molar-refractivity contribution is 5.40. The molecule has 0 saturated heterocycles. The van der Waals surface area contributed by atoms with Gasteiger partial charge in [-0.3, -0.25) is 0 Å². The van der Waals surface area contributed by atoms with E-state index < -0.39 is 0 Å². The molecule has 0 saturated carbocycles. The van der Waals surface area contributed by atoms with Gasteiger partial charge in [-0.1, -0.05) is 18.2 Å². The highest BCUT2D eigenvalue weighted by Gasteiger charge is 2.29. The van der Waals surface area contributed by atoms with Crippen LogP contribution >= 0.6 is 0 Å². The van der Waals surface area contributed by atoms with Crippen molar-refractivity contribution in [3.05, 3.63) is 29.8 Å². The van der Waals surface area contributed by atoms with Gasteiger partial charge >= 0.3 is 0 Å². The lowest BCUT2D eigenvalue weighted by atomic mass is 9.97. The van der Waals surface area contributed by atoms with Crippen LogP contribution in [0.4, 0.5) is 0 Å². The summed E-state index contributed by atoms with van der Waals surface area (Å²) in [4.78, 5) is 0. The molecule has 1 aliphatic rings. The minimum absolute atomic E-state index is 0.229. The number of benzene rings is 1. The van der Waals surface area contributed by atoms with Gasteiger partial charge in [-0.2, -0.15) is 0 Å². The Morgan fingerprint density at radius 1 is 1.42 bits per heavy atom. The van der Waals surface area contributed by atoms with Crippen molar-refractivity contribution in [2.24, 2.45) is 5.73 Å². The van der Waals surface area contributed by atoms with Gasteiger partial charge in [0.25, 0.3) is 0 Å². The molecule has 0 amide bonds. The predicted molar refractivity (Wildman–Crippen MR) is 48.3 cm³/mol. The lowest BCUT2D eigenvalue weighted by Crippen LogP contribution is -2.21. The molecule has 2 heteroatoms. The van der Waals surface area contributed by atoms with E-state index in [1.165, 1.54) is 5.56 Å². The average Bonchev–Trinajstić information content (AvgIpc) is 2.40. The molecule has 0 aliphatic carbocycles. The fraction of sp³-hybridized carbons (Fsp3) is 0.400. The largest absolute Gasteiger partial charge is 0.490 e. The normalized spacial score (nSPS) is 26.5. The Morgan fingerprint density at radius 3 is 2.92 bits per heavy atom. The van der Waals surface area contributed by atoms with E-state index in [-0.39, 0.29) is 6.10 Å². The molecule has 1 heterocycles. The molecule has 0 spiro atoms. The molecule has 0 radical (unpaired) electrons. The van der Waals surface area contributed by atoms with Crippen molar-refractivity contribution in [3.63, 3.8) is 0 Å². The molecule has 12 heavy (non-hydrogen) atoms. The third kappa shape index (κ3) is 0.994. The minimum atomic E-state index is 0.229. The summed E-state index contributed by atoms with van der Waals surface area (Å²) in [5.74, 6) is 1.38. The van der Waals surface area contributed by atoms with E-state index >= 15 is 0 Å². The molecule has 1 aliphatic heterocycles. The van der Waals surface area contributed by atoms with Gasteiger partial charge in [0, 0.05) is 18.0 Å². The van der Waals surface area contributed by atoms with Crippen molar-refractivity contribution < 1.29 is 4.74 Å².